The second-order valence-corrected chi connectivity index (χ2v) is 6.34. The molecule has 0 saturated heterocycles. The molecule has 0 aromatic heterocycles. The molecule has 0 spiro atoms. The Morgan fingerprint density at radius 2 is 1.68 bits per heavy atom. The topological polar surface area (TPSA) is 198 Å². The van der Waals surface area contributed by atoms with Crippen molar-refractivity contribution in [2.75, 3.05) is 19.7 Å². The molecule has 28 heavy (non-hydrogen) atoms. The first-order valence-electron chi connectivity index (χ1n) is 8.89. The summed E-state index contributed by atoms with van der Waals surface area (Å²) in [6, 6.07) is 4.91. The van der Waals surface area contributed by atoms with E-state index >= 15 is 0 Å². The molecule has 10 nitrogen and oxygen atoms in total. The first-order chi connectivity index (χ1) is 13.2. The Bertz CT molecular complexity index is 739. The van der Waals surface area contributed by atoms with E-state index in [0.29, 0.717) is 30.7 Å². The maximum Gasteiger partial charge on any atom is 0.252 e. The monoisotopic (exact) mass is 391 g/mol. The molecule has 1 rings (SSSR count). The summed E-state index contributed by atoms with van der Waals surface area (Å²) in [6.07, 6.45) is 1.57. The lowest BCUT2D eigenvalue weighted by atomic mass is 9.94. The number of Topliss-reactive ketones (excluding diaryl/α,β-unsaturated/α-hetero) is 1. The predicted molar refractivity (Wildman–Crippen MR) is 109 cm³/mol. The van der Waals surface area contributed by atoms with Crippen LogP contribution >= 0.6 is 0 Å². The summed E-state index contributed by atoms with van der Waals surface area (Å²) in [4.78, 5) is 31.8. The minimum absolute atomic E-state index is 0.0403. The molecule has 0 aliphatic carbocycles. The van der Waals surface area contributed by atoms with Crippen LogP contribution in [0.5, 0.6) is 5.75 Å². The van der Waals surface area contributed by atoms with Crippen molar-refractivity contribution in [2.24, 2.45) is 44.6 Å². The molecule has 10 N–H and O–H groups in total. The fourth-order valence-corrected chi connectivity index (χ4v) is 2.48. The van der Waals surface area contributed by atoms with Gasteiger partial charge in [-0.1, -0.05) is 13.0 Å². The second kappa shape index (κ2) is 11.4. The van der Waals surface area contributed by atoms with E-state index in [2.05, 4.69) is 9.98 Å². The lowest BCUT2D eigenvalue weighted by molar-refractivity contribution is -0.121. The Balaban J connectivity index is 2.69. The van der Waals surface area contributed by atoms with Gasteiger partial charge in [-0.3, -0.25) is 19.6 Å². The molecule has 0 saturated carbocycles. The van der Waals surface area contributed by atoms with Gasteiger partial charge in [0.05, 0.1) is 12.1 Å². The van der Waals surface area contributed by atoms with Crippen LogP contribution in [0.3, 0.4) is 0 Å². The quantitative estimate of drug-likeness (QED) is 0.175. The van der Waals surface area contributed by atoms with Crippen LogP contribution in [0.2, 0.25) is 0 Å². The highest BCUT2D eigenvalue weighted by Crippen LogP contribution is 2.21. The molecule has 0 bridgehead atoms. The maximum absolute atomic E-state index is 12.4. The molecule has 1 aromatic carbocycles. The molecule has 10 heteroatoms. The second-order valence-electron chi connectivity index (χ2n) is 6.34. The highest BCUT2D eigenvalue weighted by atomic mass is 16.5. The molecule has 1 atom stereocenters. The van der Waals surface area contributed by atoms with Crippen molar-refractivity contribution in [3.05, 3.63) is 29.3 Å². The molecule has 1 aromatic rings. The van der Waals surface area contributed by atoms with Crippen LogP contribution in [0.15, 0.2) is 28.2 Å². The SMILES string of the molecule is C[C@H](CCCN=C(N)N)C(=O)Cc1ccc(OCCN=C(N)N)c(C(N)=O)c1. The van der Waals surface area contributed by atoms with Crippen molar-refractivity contribution >= 4 is 23.6 Å². The molecular weight excluding hydrogens is 362 g/mol. The smallest absolute Gasteiger partial charge is 0.252 e. The fraction of sp³-hybridized carbons (Fsp3) is 0.444. The van der Waals surface area contributed by atoms with E-state index in [9.17, 15) is 9.59 Å². The first kappa shape index (κ1) is 22.7. The molecule has 0 aliphatic heterocycles. The van der Waals surface area contributed by atoms with Gasteiger partial charge < -0.3 is 33.4 Å². The van der Waals surface area contributed by atoms with Gasteiger partial charge in [-0.05, 0) is 30.5 Å². The summed E-state index contributed by atoms with van der Waals surface area (Å²) in [5, 5.41) is 0. The summed E-state index contributed by atoms with van der Waals surface area (Å²) in [5.74, 6) is -0.418. The summed E-state index contributed by atoms with van der Waals surface area (Å²) in [6.45, 7) is 2.77. The van der Waals surface area contributed by atoms with Gasteiger partial charge in [0.25, 0.3) is 5.91 Å². The Morgan fingerprint density at radius 1 is 1.04 bits per heavy atom. The van der Waals surface area contributed by atoms with Gasteiger partial charge in [0, 0.05) is 18.9 Å². The van der Waals surface area contributed by atoms with E-state index in [0.717, 1.165) is 0 Å². The number of ketones is 1. The lowest BCUT2D eigenvalue weighted by Crippen LogP contribution is -2.24. The number of carbonyl (C=O) groups excluding carboxylic acids is 2. The predicted octanol–water partition coefficient (Wildman–Crippen LogP) is -0.761. The molecule has 0 fully saturated rings. The van der Waals surface area contributed by atoms with Crippen LogP contribution in [0, 0.1) is 5.92 Å². The lowest BCUT2D eigenvalue weighted by Gasteiger charge is -2.12. The number of hydrogen-bond donors (Lipinski definition) is 5. The van der Waals surface area contributed by atoms with E-state index in [1.165, 1.54) is 0 Å². The number of aliphatic imine (C=N–C) groups is 2. The zero-order valence-electron chi connectivity index (χ0n) is 16.1. The van der Waals surface area contributed by atoms with Gasteiger partial charge in [0.1, 0.15) is 18.1 Å². The van der Waals surface area contributed by atoms with E-state index in [4.69, 9.17) is 33.4 Å². The zero-order valence-corrected chi connectivity index (χ0v) is 16.1. The largest absolute Gasteiger partial charge is 0.491 e. The van der Waals surface area contributed by atoms with E-state index < -0.39 is 5.91 Å². The minimum Gasteiger partial charge on any atom is -0.491 e. The van der Waals surface area contributed by atoms with Gasteiger partial charge in [-0.15, -0.1) is 0 Å². The first-order valence-corrected chi connectivity index (χ1v) is 8.89. The van der Waals surface area contributed by atoms with Crippen LogP contribution in [0.25, 0.3) is 0 Å². The number of nitrogens with two attached hydrogens (primary N) is 5. The molecule has 0 unspecified atom stereocenters. The Kier molecular flexibility index (Phi) is 9.28. The van der Waals surface area contributed by atoms with Crippen LogP contribution in [0.1, 0.15) is 35.7 Å². The number of ether oxygens (including phenoxy) is 1. The molecule has 0 heterocycles. The third kappa shape index (κ3) is 8.39. The molecule has 1 amide bonds. The van der Waals surface area contributed by atoms with Crippen molar-refractivity contribution in [2.45, 2.75) is 26.2 Å². The number of benzene rings is 1. The highest BCUT2D eigenvalue weighted by Gasteiger charge is 2.16. The van der Waals surface area contributed by atoms with Crippen molar-refractivity contribution in [3.63, 3.8) is 0 Å². The Hall–Kier alpha value is -3.30. The van der Waals surface area contributed by atoms with Crippen molar-refractivity contribution in [1.82, 2.24) is 0 Å². The third-order valence-corrected chi connectivity index (χ3v) is 3.97. The van der Waals surface area contributed by atoms with Gasteiger partial charge in [0.15, 0.2) is 11.9 Å². The number of amides is 1. The standard InChI is InChI=1S/C18H29N7O3/c1-11(3-2-6-24-17(20)21)14(26)10-12-4-5-15(13(9-12)16(19)27)28-8-7-25-18(22)23/h4-5,9,11H,2-3,6-8,10H2,1H3,(H2,19,27)(H4,20,21,24)(H4,22,23,25)/t11-/m1/s1. The number of rotatable bonds is 12. The number of primary amides is 1. The Morgan fingerprint density at radius 3 is 2.29 bits per heavy atom. The van der Waals surface area contributed by atoms with Crippen LogP contribution < -0.4 is 33.4 Å². The van der Waals surface area contributed by atoms with Crippen molar-refractivity contribution in [1.29, 1.82) is 0 Å². The van der Waals surface area contributed by atoms with Crippen LogP contribution in [-0.2, 0) is 11.2 Å². The minimum atomic E-state index is -0.642. The summed E-state index contributed by atoms with van der Waals surface area (Å²) in [5.41, 5.74) is 27.3. The average Bonchev–Trinajstić information content (AvgIpc) is 2.62. The number of nitrogens with zero attached hydrogens (tertiary/aromatic N) is 2. The number of guanidine groups is 2. The molecule has 0 aliphatic rings. The number of hydrogen-bond acceptors (Lipinski definition) is 5. The average molecular weight is 391 g/mol. The van der Waals surface area contributed by atoms with Gasteiger partial charge in [-0.25, -0.2) is 0 Å². The highest BCUT2D eigenvalue weighted by molar-refractivity contribution is 5.96. The van der Waals surface area contributed by atoms with Crippen LogP contribution in [-0.4, -0.2) is 43.3 Å². The van der Waals surface area contributed by atoms with Crippen LogP contribution in [0.4, 0.5) is 0 Å². The van der Waals surface area contributed by atoms with E-state index in [1.807, 2.05) is 6.92 Å². The fourth-order valence-electron chi connectivity index (χ4n) is 2.48. The van der Waals surface area contributed by atoms with Gasteiger partial charge >= 0.3 is 0 Å². The van der Waals surface area contributed by atoms with Gasteiger partial charge in [-0.2, -0.15) is 0 Å². The third-order valence-electron chi connectivity index (χ3n) is 3.97. The summed E-state index contributed by atoms with van der Waals surface area (Å²) >= 11 is 0. The summed E-state index contributed by atoms with van der Waals surface area (Å²) < 4.78 is 5.50. The normalized spacial score (nSPS) is 11.3. The Labute approximate surface area is 164 Å². The molecular formula is C18H29N7O3. The molecule has 154 valence electrons. The summed E-state index contributed by atoms with van der Waals surface area (Å²) in [7, 11) is 0. The van der Waals surface area contributed by atoms with E-state index in [-0.39, 0.29) is 48.8 Å². The maximum atomic E-state index is 12.4. The number of carbonyl (C=O) groups is 2. The van der Waals surface area contributed by atoms with Crippen molar-refractivity contribution < 1.29 is 14.3 Å². The zero-order chi connectivity index (χ0) is 21.1. The van der Waals surface area contributed by atoms with E-state index in [1.54, 1.807) is 18.2 Å². The van der Waals surface area contributed by atoms with Gasteiger partial charge in [0.2, 0.25) is 0 Å². The van der Waals surface area contributed by atoms with Crippen molar-refractivity contribution in [3.8, 4) is 5.75 Å². The molecule has 0 radical (unpaired) electrons.